The Labute approximate surface area is 120 Å². The Morgan fingerprint density at radius 2 is 1.63 bits per heavy atom. The number of nitrogens with one attached hydrogen (secondary N) is 1. The lowest BCUT2D eigenvalue weighted by atomic mass is 10.2. The molecule has 2 rings (SSSR count). The first-order valence-corrected chi connectivity index (χ1v) is 6.40. The van der Waals surface area contributed by atoms with Crippen LogP contribution in [0.2, 0.25) is 10.0 Å². The van der Waals surface area contributed by atoms with Crippen LogP contribution < -0.4 is 5.32 Å². The zero-order valence-corrected chi connectivity index (χ0v) is 11.4. The van der Waals surface area contributed by atoms with Crippen LogP contribution in [0.25, 0.3) is 0 Å². The molecule has 0 bridgehead atoms. The summed E-state index contributed by atoms with van der Waals surface area (Å²) in [6.07, 6.45) is 0. The van der Waals surface area contributed by atoms with Gasteiger partial charge < -0.3 is 5.32 Å². The van der Waals surface area contributed by atoms with Crippen LogP contribution in [0.3, 0.4) is 0 Å². The van der Waals surface area contributed by atoms with Gasteiger partial charge in [0.2, 0.25) is 0 Å². The van der Waals surface area contributed by atoms with Gasteiger partial charge in [-0.1, -0.05) is 29.3 Å². The summed E-state index contributed by atoms with van der Waals surface area (Å²) in [5, 5.41) is 3.62. The predicted molar refractivity (Wildman–Crippen MR) is 73.4 cm³/mol. The fourth-order valence-electron chi connectivity index (χ4n) is 1.67. The van der Waals surface area contributed by atoms with Crippen molar-refractivity contribution >= 4 is 23.2 Å². The van der Waals surface area contributed by atoms with Gasteiger partial charge >= 0.3 is 0 Å². The minimum absolute atomic E-state index is 0.0771. The lowest BCUT2D eigenvalue weighted by Gasteiger charge is -2.07. The molecule has 2 aromatic carbocycles. The average molecular weight is 302 g/mol. The second-order valence-electron chi connectivity index (χ2n) is 4.09. The third kappa shape index (κ3) is 3.90. The predicted octanol–water partition coefficient (Wildman–Crippen LogP) is 4.56. The van der Waals surface area contributed by atoms with E-state index in [1.165, 1.54) is 24.3 Å². The first kappa shape index (κ1) is 14.3. The second kappa shape index (κ2) is 6.33. The van der Waals surface area contributed by atoms with Gasteiger partial charge in [0.1, 0.15) is 11.6 Å². The lowest BCUT2D eigenvalue weighted by molar-refractivity contribution is 0.587. The molecule has 1 nitrogen and oxygen atoms in total. The van der Waals surface area contributed by atoms with E-state index in [1.54, 1.807) is 12.1 Å². The minimum Gasteiger partial charge on any atom is -0.309 e. The summed E-state index contributed by atoms with van der Waals surface area (Å²) in [6, 6.07) is 8.87. The Morgan fingerprint density at radius 1 is 0.895 bits per heavy atom. The van der Waals surface area contributed by atoms with Crippen molar-refractivity contribution in [1.29, 1.82) is 0 Å². The van der Waals surface area contributed by atoms with Crippen LogP contribution in [-0.2, 0) is 13.1 Å². The van der Waals surface area contributed by atoms with Crippen molar-refractivity contribution in [3.63, 3.8) is 0 Å². The number of hydrogen-bond donors (Lipinski definition) is 1. The normalized spacial score (nSPS) is 10.7. The van der Waals surface area contributed by atoms with E-state index in [0.29, 0.717) is 23.7 Å². The molecule has 0 aromatic heterocycles. The SMILES string of the molecule is Fc1ccc(CNCc2cc(Cl)ccc2F)cc1Cl. The highest BCUT2D eigenvalue weighted by atomic mass is 35.5. The molecule has 0 aliphatic rings. The third-order valence-corrected chi connectivity index (χ3v) is 3.16. The lowest BCUT2D eigenvalue weighted by Crippen LogP contribution is -2.13. The van der Waals surface area contributed by atoms with Gasteiger partial charge in [0.05, 0.1) is 5.02 Å². The summed E-state index contributed by atoms with van der Waals surface area (Å²) in [5.41, 5.74) is 1.31. The summed E-state index contributed by atoms with van der Waals surface area (Å²) in [7, 11) is 0. The van der Waals surface area contributed by atoms with Gasteiger partial charge in [-0.05, 0) is 35.9 Å². The summed E-state index contributed by atoms with van der Waals surface area (Å²) < 4.78 is 26.4. The highest BCUT2D eigenvalue weighted by Gasteiger charge is 2.04. The Hall–Kier alpha value is -1.16. The molecule has 0 atom stereocenters. The van der Waals surface area contributed by atoms with E-state index < -0.39 is 5.82 Å². The minimum atomic E-state index is -0.452. The van der Waals surface area contributed by atoms with Gasteiger partial charge in [-0.25, -0.2) is 8.78 Å². The number of hydrogen-bond acceptors (Lipinski definition) is 1. The molecule has 5 heteroatoms. The second-order valence-corrected chi connectivity index (χ2v) is 4.93. The number of benzene rings is 2. The monoisotopic (exact) mass is 301 g/mol. The van der Waals surface area contributed by atoms with Gasteiger partial charge in [-0.15, -0.1) is 0 Å². The van der Waals surface area contributed by atoms with Crippen LogP contribution in [0.1, 0.15) is 11.1 Å². The molecule has 0 unspecified atom stereocenters. The zero-order chi connectivity index (χ0) is 13.8. The molecule has 0 amide bonds. The van der Waals surface area contributed by atoms with Gasteiger partial charge in [-0.2, -0.15) is 0 Å². The molecule has 100 valence electrons. The standard InChI is InChI=1S/C14H11Cl2F2N/c15-11-2-4-13(17)10(6-11)8-19-7-9-1-3-14(18)12(16)5-9/h1-6,19H,7-8H2. The van der Waals surface area contributed by atoms with Crippen molar-refractivity contribution in [1.82, 2.24) is 5.32 Å². The Morgan fingerprint density at radius 3 is 2.37 bits per heavy atom. The van der Waals surface area contributed by atoms with Crippen molar-refractivity contribution in [2.45, 2.75) is 13.1 Å². The molecule has 0 spiro atoms. The van der Waals surface area contributed by atoms with Crippen molar-refractivity contribution in [2.75, 3.05) is 0 Å². The molecule has 0 radical (unpaired) electrons. The fourth-order valence-corrected chi connectivity index (χ4v) is 2.07. The van der Waals surface area contributed by atoms with Crippen LogP contribution in [0.15, 0.2) is 36.4 Å². The van der Waals surface area contributed by atoms with E-state index in [0.717, 1.165) is 5.56 Å². The molecular formula is C14H11Cl2F2N. The van der Waals surface area contributed by atoms with Crippen molar-refractivity contribution in [3.05, 3.63) is 69.2 Å². The molecule has 0 saturated carbocycles. The fraction of sp³-hybridized carbons (Fsp3) is 0.143. The van der Waals surface area contributed by atoms with Crippen molar-refractivity contribution < 1.29 is 8.78 Å². The smallest absolute Gasteiger partial charge is 0.141 e. The number of rotatable bonds is 4. The molecule has 0 aliphatic carbocycles. The van der Waals surface area contributed by atoms with E-state index in [9.17, 15) is 8.78 Å². The molecular weight excluding hydrogens is 291 g/mol. The van der Waals surface area contributed by atoms with E-state index in [1.807, 2.05) is 0 Å². The Bertz CT molecular complexity index is 588. The maximum atomic E-state index is 13.4. The van der Waals surface area contributed by atoms with Crippen LogP contribution in [0.4, 0.5) is 8.78 Å². The molecule has 0 aliphatic heterocycles. The van der Waals surface area contributed by atoms with E-state index in [4.69, 9.17) is 23.2 Å². The molecule has 0 heterocycles. The maximum absolute atomic E-state index is 13.4. The van der Waals surface area contributed by atoms with Gasteiger partial charge in [-0.3, -0.25) is 0 Å². The zero-order valence-electron chi connectivity index (χ0n) is 9.89. The summed E-state index contributed by atoms with van der Waals surface area (Å²) >= 11 is 11.5. The van der Waals surface area contributed by atoms with Crippen molar-refractivity contribution in [3.8, 4) is 0 Å². The Balaban J connectivity index is 1.96. The van der Waals surface area contributed by atoms with Crippen LogP contribution in [0, 0.1) is 11.6 Å². The van der Waals surface area contributed by atoms with Crippen molar-refractivity contribution in [2.24, 2.45) is 0 Å². The van der Waals surface area contributed by atoms with E-state index >= 15 is 0 Å². The molecule has 0 saturated heterocycles. The van der Waals surface area contributed by atoms with Gasteiger partial charge in [0.25, 0.3) is 0 Å². The Kier molecular flexibility index (Phi) is 4.75. The van der Waals surface area contributed by atoms with E-state index in [-0.39, 0.29) is 10.8 Å². The largest absolute Gasteiger partial charge is 0.309 e. The average Bonchev–Trinajstić information content (AvgIpc) is 2.38. The molecule has 19 heavy (non-hydrogen) atoms. The first-order valence-electron chi connectivity index (χ1n) is 5.65. The first-order chi connectivity index (χ1) is 9.06. The number of halogens is 4. The highest BCUT2D eigenvalue weighted by Crippen LogP contribution is 2.17. The topological polar surface area (TPSA) is 12.0 Å². The van der Waals surface area contributed by atoms with Gasteiger partial charge in [0.15, 0.2) is 0 Å². The summed E-state index contributed by atoms with van der Waals surface area (Å²) in [6.45, 7) is 0.799. The maximum Gasteiger partial charge on any atom is 0.141 e. The highest BCUT2D eigenvalue weighted by molar-refractivity contribution is 6.31. The summed E-state index contributed by atoms with van der Waals surface area (Å²) in [5.74, 6) is -0.764. The molecule has 2 aromatic rings. The summed E-state index contributed by atoms with van der Waals surface area (Å²) in [4.78, 5) is 0. The third-order valence-electron chi connectivity index (χ3n) is 2.64. The van der Waals surface area contributed by atoms with E-state index in [2.05, 4.69) is 5.32 Å². The van der Waals surface area contributed by atoms with Crippen LogP contribution >= 0.6 is 23.2 Å². The van der Waals surface area contributed by atoms with Crippen LogP contribution in [0.5, 0.6) is 0 Å². The van der Waals surface area contributed by atoms with Crippen LogP contribution in [-0.4, -0.2) is 0 Å². The van der Waals surface area contributed by atoms with Gasteiger partial charge in [0, 0.05) is 23.7 Å². The molecule has 0 fully saturated rings. The molecule has 1 N–H and O–H groups in total. The quantitative estimate of drug-likeness (QED) is 0.873.